The second-order valence-corrected chi connectivity index (χ2v) is 7.11. The lowest BCUT2D eigenvalue weighted by molar-refractivity contribution is -0.139. The van der Waals surface area contributed by atoms with E-state index in [-0.39, 0.29) is 12.5 Å². The van der Waals surface area contributed by atoms with Crippen molar-refractivity contribution >= 4 is 41.2 Å². The van der Waals surface area contributed by atoms with E-state index in [0.717, 1.165) is 5.56 Å². The number of halogens is 1. The van der Waals surface area contributed by atoms with Crippen LogP contribution in [-0.4, -0.2) is 50.8 Å². The highest BCUT2D eigenvalue weighted by molar-refractivity contribution is 6.35. The maximum absolute atomic E-state index is 12.2. The van der Waals surface area contributed by atoms with Crippen LogP contribution < -0.4 is 20.8 Å². The van der Waals surface area contributed by atoms with Crippen LogP contribution in [0.25, 0.3) is 0 Å². The number of amides is 3. The molecular formula is C22H25ClN4O5. The molecular weight excluding hydrogens is 436 g/mol. The van der Waals surface area contributed by atoms with Crippen molar-refractivity contribution in [2.45, 2.75) is 13.3 Å². The van der Waals surface area contributed by atoms with Gasteiger partial charge in [-0.15, -0.1) is 0 Å². The summed E-state index contributed by atoms with van der Waals surface area (Å²) in [7, 11) is 1.56. The quantitative estimate of drug-likeness (QED) is 0.217. The van der Waals surface area contributed by atoms with Gasteiger partial charge < -0.3 is 20.1 Å². The first-order chi connectivity index (χ1) is 15.4. The number of anilines is 1. The van der Waals surface area contributed by atoms with Crippen LogP contribution in [0.3, 0.4) is 0 Å². The molecule has 0 unspecified atom stereocenters. The highest BCUT2D eigenvalue weighted by Crippen LogP contribution is 2.20. The Hall–Kier alpha value is -3.43. The van der Waals surface area contributed by atoms with Crippen LogP contribution in [0.15, 0.2) is 47.6 Å². The second-order valence-electron chi connectivity index (χ2n) is 6.67. The predicted octanol–water partition coefficient (Wildman–Crippen LogP) is 2.27. The third kappa shape index (κ3) is 8.75. The summed E-state index contributed by atoms with van der Waals surface area (Å²) in [5.41, 5.74) is 4.25. The number of carbonyl (C=O) groups is 3. The van der Waals surface area contributed by atoms with Crippen molar-refractivity contribution in [2.24, 2.45) is 5.10 Å². The summed E-state index contributed by atoms with van der Waals surface area (Å²) in [6.45, 7) is 2.47. The van der Waals surface area contributed by atoms with E-state index in [1.807, 2.05) is 13.0 Å². The fraction of sp³-hybridized carbons (Fsp3) is 0.273. The SMILES string of the molecule is COCCCNC(=O)C(=O)N/N=C\c1cccc(OCC(=O)Nc2cc(Cl)ccc2C)c1. The summed E-state index contributed by atoms with van der Waals surface area (Å²) in [4.78, 5) is 35.5. The van der Waals surface area contributed by atoms with E-state index in [4.69, 9.17) is 21.1 Å². The maximum atomic E-state index is 12.2. The molecule has 0 radical (unpaired) electrons. The van der Waals surface area contributed by atoms with E-state index < -0.39 is 11.8 Å². The van der Waals surface area contributed by atoms with Crippen molar-refractivity contribution in [3.05, 3.63) is 58.6 Å². The molecule has 0 heterocycles. The molecule has 32 heavy (non-hydrogen) atoms. The Morgan fingerprint density at radius 3 is 2.72 bits per heavy atom. The van der Waals surface area contributed by atoms with E-state index in [2.05, 4.69) is 21.2 Å². The van der Waals surface area contributed by atoms with E-state index in [0.29, 0.717) is 41.6 Å². The summed E-state index contributed by atoms with van der Waals surface area (Å²) < 4.78 is 10.4. The average Bonchev–Trinajstić information content (AvgIpc) is 2.78. The topological polar surface area (TPSA) is 118 Å². The molecule has 2 rings (SSSR count). The second kappa shape index (κ2) is 13.1. The summed E-state index contributed by atoms with van der Waals surface area (Å²) in [6, 6.07) is 12.0. The van der Waals surface area contributed by atoms with Gasteiger partial charge in [-0.2, -0.15) is 5.10 Å². The van der Waals surface area contributed by atoms with E-state index in [1.165, 1.54) is 6.21 Å². The molecule has 0 aliphatic carbocycles. The van der Waals surface area contributed by atoms with Crippen LogP contribution in [-0.2, 0) is 19.1 Å². The molecule has 170 valence electrons. The smallest absolute Gasteiger partial charge is 0.329 e. The molecule has 0 bridgehead atoms. The molecule has 0 aliphatic heterocycles. The number of ether oxygens (including phenoxy) is 2. The molecule has 3 N–H and O–H groups in total. The minimum absolute atomic E-state index is 0.202. The Bertz CT molecular complexity index is 981. The molecule has 0 aliphatic rings. The van der Waals surface area contributed by atoms with Crippen molar-refractivity contribution in [1.29, 1.82) is 0 Å². The van der Waals surface area contributed by atoms with Gasteiger partial charge in [-0.1, -0.05) is 29.8 Å². The zero-order valence-electron chi connectivity index (χ0n) is 17.8. The lowest BCUT2D eigenvalue weighted by Crippen LogP contribution is -2.38. The summed E-state index contributed by atoms with van der Waals surface area (Å²) in [5, 5.41) is 9.49. The van der Waals surface area contributed by atoms with Crippen LogP contribution in [0.4, 0.5) is 5.69 Å². The van der Waals surface area contributed by atoms with E-state index >= 15 is 0 Å². The monoisotopic (exact) mass is 460 g/mol. The number of nitrogens with one attached hydrogen (secondary N) is 3. The highest BCUT2D eigenvalue weighted by atomic mass is 35.5. The van der Waals surface area contributed by atoms with Gasteiger partial charge in [-0.3, -0.25) is 14.4 Å². The van der Waals surface area contributed by atoms with Gasteiger partial charge >= 0.3 is 11.8 Å². The van der Waals surface area contributed by atoms with Crippen LogP contribution >= 0.6 is 11.6 Å². The number of hydrazone groups is 1. The van der Waals surface area contributed by atoms with Gasteiger partial charge in [0.25, 0.3) is 5.91 Å². The van der Waals surface area contributed by atoms with Gasteiger partial charge in [0.05, 0.1) is 6.21 Å². The normalized spacial score (nSPS) is 10.6. The standard InChI is InChI=1S/C22H25ClN4O5/c1-15-7-8-17(23)12-19(15)26-20(28)14-32-18-6-3-5-16(11-18)13-25-27-22(30)21(29)24-9-4-10-31-2/h3,5-8,11-13H,4,9-10,14H2,1-2H3,(H,24,29)(H,26,28)(H,27,30)/b25-13-. The molecule has 0 fully saturated rings. The zero-order chi connectivity index (χ0) is 23.3. The predicted molar refractivity (Wildman–Crippen MR) is 122 cm³/mol. The van der Waals surface area contributed by atoms with E-state index in [1.54, 1.807) is 43.5 Å². The minimum atomic E-state index is -0.876. The fourth-order valence-electron chi connectivity index (χ4n) is 2.46. The Balaban J connectivity index is 1.81. The van der Waals surface area contributed by atoms with Crippen molar-refractivity contribution in [2.75, 3.05) is 32.2 Å². The van der Waals surface area contributed by atoms with Crippen molar-refractivity contribution < 1.29 is 23.9 Å². The zero-order valence-corrected chi connectivity index (χ0v) is 18.6. The van der Waals surface area contributed by atoms with Crippen LogP contribution in [0.2, 0.25) is 5.02 Å². The average molecular weight is 461 g/mol. The summed E-state index contributed by atoms with van der Waals surface area (Å²) in [6.07, 6.45) is 1.96. The van der Waals surface area contributed by atoms with Gasteiger partial charge in [-0.25, -0.2) is 5.43 Å². The van der Waals surface area contributed by atoms with Crippen molar-refractivity contribution in [1.82, 2.24) is 10.7 Å². The number of methoxy groups -OCH3 is 1. The third-order valence-electron chi connectivity index (χ3n) is 4.10. The third-order valence-corrected chi connectivity index (χ3v) is 4.33. The molecule has 2 aromatic rings. The molecule has 2 aromatic carbocycles. The maximum Gasteiger partial charge on any atom is 0.329 e. The van der Waals surface area contributed by atoms with E-state index in [9.17, 15) is 14.4 Å². The highest BCUT2D eigenvalue weighted by Gasteiger charge is 2.11. The molecule has 0 saturated heterocycles. The summed E-state index contributed by atoms with van der Waals surface area (Å²) in [5.74, 6) is -1.55. The molecule has 10 heteroatoms. The lowest BCUT2D eigenvalue weighted by Gasteiger charge is -2.10. The first-order valence-corrected chi connectivity index (χ1v) is 10.2. The largest absolute Gasteiger partial charge is 0.484 e. The van der Waals surface area contributed by atoms with Gasteiger partial charge in [0.2, 0.25) is 0 Å². The summed E-state index contributed by atoms with van der Waals surface area (Å²) >= 11 is 5.96. The van der Waals surface area contributed by atoms with Crippen molar-refractivity contribution in [3.63, 3.8) is 0 Å². The number of carbonyl (C=O) groups excluding carboxylic acids is 3. The van der Waals surface area contributed by atoms with Gasteiger partial charge in [0, 0.05) is 31.0 Å². The number of aryl methyl sites for hydroxylation is 1. The lowest BCUT2D eigenvalue weighted by atomic mass is 10.2. The van der Waals surface area contributed by atoms with Crippen molar-refractivity contribution in [3.8, 4) is 5.75 Å². The molecule has 0 atom stereocenters. The Labute approximate surface area is 191 Å². The Morgan fingerprint density at radius 1 is 1.12 bits per heavy atom. The molecule has 0 saturated carbocycles. The number of hydrogen-bond acceptors (Lipinski definition) is 6. The van der Waals surface area contributed by atoms with Crippen LogP contribution in [0.1, 0.15) is 17.5 Å². The first kappa shape index (κ1) is 24.8. The molecule has 0 aromatic heterocycles. The minimum Gasteiger partial charge on any atom is -0.484 e. The number of rotatable bonds is 10. The molecule has 9 nitrogen and oxygen atoms in total. The number of benzene rings is 2. The van der Waals surface area contributed by atoms with Crippen LogP contribution in [0.5, 0.6) is 5.75 Å². The van der Waals surface area contributed by atoms with Gasteiger partial charge in [0.15, 0.2) is 6.61 Å². The Kier molecular flexibility index (Phi) is 10.2. The number of hydrogen-bond donors (Lipinski definition) is 3. The van der Waals surface area contributed by atoms with Gasteiger partial charge in [0.1, 0.15) is 5.75 Å². The Morgan fingerprint density at radius 2 is 1.94 bits per heavy atom. The molecule has 0 spiro atoms. The fourth-order valence-corrected chi connectivity index (χ4v) is 2.64. The first-order valence-electron chi connectivity index (χ1n) is 9.78. The van der Waals surface area contributed by atoms with Gasteiger partial charge in [-0.05, 0) is 48.7 Å². The molecule has 3 amide bonds. The number of nitrogens with zero attached hydrogens (tertiary/aromatic N) is 1. The van der Waals surface area contributed by atoms with Crippen LogP contribution in [0, 0.1) is 6.92 Å².